The van der Waals surface area contributed by atoms with Crippen molar-refractivity contribution >= 4 is 18.3 Å². The molecule has 0 N–H and O–H groups in total. The number of hydrogen-bond acceptors (Lipinski definition) is 3. The maximum atomic E-state index is 12.3. The zero-order valence-electron chi connectivity index (χ0n) is 7.51. The van der Waals surface area contributed by atoms with Gasteiger partial charge in [0.1, 0.15) is 5.16 Å². The van der Waals surface area contributed by atoms with Crippen LogP contribution < -0.4 is 0 Å². The third kappa shape index (κ3) is 4.11. The molecule has 0 aromatic carbocycles. The van der Waals surface area contributed by atoms with Crippen molar-refractivity contribution in [2.75, 3.05) is 0 Å². The minimum Gasteiger partial charge on any atom is -0.259 e. The molecular weight excluding hydrogens is 237 g/mol. The van der Waals surface area contributed by atoms with Gasteiger partial charge in [0.05, 0.1) is 10.5 Å². The van der Waals surface area contributed by atoms with Gasteiger partial charge in [-0.2, -0.15) is 13.2 Å². The first-order chi connectivity index (χ1) is 6.70. The fourth-order valence-corrected chi connectivity index (χ4v) is 0.767. The Morgan fingerprint density at radius 2 is 2.07 bits per heavy atom. The van der Waals surface area contributed by atoms with E-state index in [1.165, 1.54) is 0 Å². The lowest BCUT2D eigenvalue weighted by molar-refractivity contribution is -0.424. The minimum absolute atomic E-state index is 0.303. The molecule has 4 nitrogen and oxygen atoms in total. The van der Waals surface area contributed by atoms with Crippen molar-refractivity contribution in [1.29, 1.82) is 0 Å². The van der Waals surface area contributed by atoms with Crippen molar-refractivity contribution in [3.05, 3.63) is 32.6 Å². The molecule has 8 heteroatoms. The molecule has 84 valence electrons. The average molecular weight is 243 g/mol. The molecule has 0 amide bonds. The first kappa shape index (κ1) is 13.6. The van der Waals surface area contributed by atoms with Crippen LogP contribution in [-0.2, 0) is 0 Å². The Morgan fingerprint density at radius 3 is 2.33 bits per heavy atom. The third-order valence-electron chi connectivity index (χ3n) is 1.31. The highest BCUT2D eigenvalue weighted by atomic mass is 35.5. The maximum Gasteiger partial charge on any atom is 0.419 e. The van der Waals surface area contributed by atoms with Crippen LogP contribution in [-0.4, -0.2) is 17.8 Å². The van der Waals surface area contributed by atoms with E-state index >= 15 is 0 Å². The third-order valence-corrected chi connectivity index (χ3v) is 1.63. The van der Waals surface area contributed by atoms with E-state index in [1.807, 2.05) is 0 Å². The van der Waals surface area contributed by atoms with E-state index in [0.29, 0.717) is 6.08 Å². The van der Waals surface area contributed by atoms with Gasteiger partial charge in [-0.05, 0) is 6.72 Å². The van der Waals surface area contributed by atoms with Gasteiger partial charge in [-0.1, -0.05) is 11.6 Å². The van der Waals surface area contributed by atoms with Crippen LogP contribution >= 0.6 is 11.6 Å². The summed E-state index contributed by atoms with van der Waals surface area (Å²) in [5.41, 5.74) is -2.09. The zero-order chi connectivity index (χ0) is 12.2. The molecule has 0 unspecified atom stereocenters. The summed E-state index contributed by atoms with van der Waals surface area (Å²) < 4.78 is 36.9. The molecule has 0 aliphatic heterocycles. The van der Waals surface area contributed by atoms with Crippen LogP contribution in [0.4, 0.5) is 13.2 Å². The Labute approximate surface area is 87.9 Å². The Kier molecular flexibility index (Phi) is 4.47. The predicted molar refractivity (Wildman–Crippen MR) is 49.2 cm³/mol. The summed E-state index contributed by atoms with van der Waals surface area (Å²) >= 11 is 5.13. The van der Waals surface area contributed by atoms with Crippen molar-refractivity contribution in [1.82, 2.24) is 0 Å². The van der Waals surface area contributed by atoms with E-state index in [4.69, 9.17) is 11.6 Å². The fraction of sp³-hybridized carbons (Fsp3) is 0.286. The van der Waals surface area contributed by atoms with Crippen molar-refractivity contribution in [2.45, 2.75) is 13.1 Å². The SMILES string of the molecule is C=N/C(Cl)=C(\C=C(/C)[N+](=O)[O-])C(F)(F)F. The van der Waals surface area contributed by atoms with Gasteiger partial charge in [-0.3, -0.25) is 15.1 Å². The quantitative estimate of drug-likeness (QED) is 0.251. The van der Waals surface area contributed by atoms with E-state index in [0.717, 1.165) is 6.92 Å². The Hall–Kier alpha value is -1.37. The molecule has 0 aliphatic carbocycles. The molecule has 0 rings (SSSR count). The van der Waals surface area contributed by atoms with Crippen LogP contribution in [0, 0.1) is 10.1 Å². The summed E-state index contributed by atoms with van der Waals surface area (Å²) in [7, 11) is 0. The van der Waals surface area contributed by atoms with Crippen molar-refractivity contribution < 1.29 is 18.1 Å². The monoisotopic (exact) mass is 242 g/mol. The van der Waals surface area contributed by atoms with E-state index in [2.05, 4.69) is 11.7 Å². The lowest BCUT2D eigenvalue weighted by Crippen LogP contribution is -2.12. The molecule has 0 aromatic heterocycles. The van der Waals surface area contributed by atoms with Crippen molar-refractivity contribution in [3.8, 4) is 0 Å². The van der Waals surface area contributed by atoms with Crippen LogP contribution in [0.3, 0.4) is 0 Å². The number of halogens is 4. The van der Waals surface area contributed by atoms with Gasteiger partial charge in [0.2, 0.25) is 5.70 Å². The number of hydrogen-bond donors (Lipinski definition) is 0. The van der Waals surface area contributed by atoms with Gasteiger partial charge in [0.25, 0.3) is 0 Å². The molecule has 0 fully saturated rings. The molecule has 0 aromatic rings. The molecule has 0 saturated carbocycles. The summed E-state index contributed by atoms with van der Waals surface area (Å²) in [5.74, 6) is 0. The Morgan fingerprint density at radius 1 is 1.60 bits per heavy atom. The highest BCUT2D eigenvalue weighted by Gasteiger charge is 2.36. The molecule has 0 heterocycles. The zero-order valence-corrected chi connectivity index (χ0v) is 8.26. The molecule has 0 spiro atoms. The normalized spacial score (nSPS) is 14.6. The van der Waals surface area contributed by atoms with Crippen molar-refractivity contribution in [2.24, 2.45) is 4.99 Å². The van der Waals surface area contributed by atoms with Crippen LogP contribution in [0.1, 0.15) is 6.92 Å². The van der Waals surface area contributed by atoms with Gasteiger partial charge < -0.3 is 0 Å². The highest BCUT2D eigenvalue weighted by molar-refractivity contribution is 6.30. The van der Waals surface area contributed by atoms with Gasteiger partial charge in [0.15, 0.2) is 0 Å². The summed E-state index contributed by atoms with van der Waals surface area (Å²) in [6, 6.07) is 0. The topological polar surface area (TPSA) is 55.5 Å². The van der Waals surface area contributed by atoms with Gasteiger partial charge in [-0.15, -0.1) is 0 Å². The molecular formula is C7H6ClF3N2O2. The number of alkyl halides is 3. The number of allylic oxidation sites excluding steroid dienone is 3. The predicted octanol–water partition coefficient (Wildman–Crippen LogP) is 2.88. The second-order valence-corrected chi connectivity index (χ2v) is 2.76. The number of nitrogens with zero attached hydrogens (tertiary/aromatic N) is 2. The van der Waals surface area contributed by atoms with E-state index in [1.54, 1.807) is 0 Å². The van der Waals surface area contributed by atoms with Crippen LogP contribution in [0.5, 0.6) is 0 Å². The maximum absolute atomic E-state index is 12.3. The van der Waals surface area contributed by atoms with Gasteiger partial charge in [-0.25, -0.2) is 0 Å². The van der Waals surface area contributed by atoms with Gasteiger partial charge >= 0.3 is 6.18 Å². The second kappa shape index (κ2) is 4.92. The largest absolute Gasteiger partial charge is 0.419 e. The summed E-state index contributed by atoms with van der Waals surface area (Å²) in [6.07, 6.45) is -4.51. The first-order valence-corrected chi connectivity index (χ1v) is 3.84. The fourth-order valence-electron chi connectivity index (χ4n) is 0.605. The summed E-state index contributed by atoms with van der Waals surface area (Å²) in [6.45, 7) is 3.72. The van der Waals surface area contributed by atoms with E-state index in [9.17, 15) is 23.3 Å². The number of rotatable bonds is 3. The molecule has 0 saturated heterocycles. The number of aliphatic imine (C=N–C) groups is 1. The Bertz CT molecular complexity index is 347. The molecule has 0 atom stereocenters. The minimum atomic E-state index is -4.81. The van der Waals surface area contributed by atoms with Crippen LogP contribution in [0.15, 0.2) is 27.5 Å². The number of nitro groups is 1. The van der Waals surface area contributed by atoms with Gasteiger partial charge in [0, 0.05) is 13.0 Å². The molecule has 15 heavy (non-hydrogen) atoms. The lowest BCUT2D eigenvalue weighted by atomic mass is 10.2. The second-order valence-electron chi connectivity index (χ2n) is 2.40. The standard InChI is InChI=1S/C7H6ClF3N2O2/c1-4(13(14)15)3-5(6(8)12-2)7(9,10)11/h3H,2H2,1H3/b4-3+,6-5+. The smallest absolute Gasteiger partial charge is 0.259 e. The van der Waals surface area contributed by atoms with E-state index < -0.39 is 27.5 Å². The molecule has 0 aliphatic rings. The highest BCUT2D eigenvalue weighted by Crippen LogP contribution is 2.31. The lowest BCUT2D eigenvalue weighted by Gasteiger charge is -2.07. The van der Waals surface area contributed by atoms with E-state index in [-0.39, 0.29) is 0 Å². The summed E-state index contributed by atoms with van der Waals surface area (Å²) in [5, 5.41) is 9.20. The Balaban J connectivity index is 5.46. The molecule has 0 bridgehead atoms. The summed E-state index contributed by atoms with van der Waals surface area (Å²) in [4.78, 5) is 12.0. The van der Waals surface area contributed by atoms with Crippen LogP contribution in [0.25, 0.3) is 0 Å². The molecule has 0 radical (unpaired) electrons. The average Bonchev–Trinajstić information content (AvgIpc) is 2.10. The first-order valence-electron chi connectivity index (χ1n) is 3.46. The van der Waals surface area contributed by atoms with Crippen LogP contribution in [0.2, 0.25) is 0 Å². The van der Waals surface area contributed by atoms with Crippen molar-refractivity contribution in [3.63, 3.8) is 0 Å².